The minimum Gasteiger partial charge on any atom is -0.480 e. The lowest BCUT2D eigenvalue weighted by molar-refractivity contribution is -0.191. The monoisotopic (exact) mass is 291 g/mol. The number of alkyl halides is 3. The Labute approximate surface area is 109 Å². The molecule has 0 aliphatic carbocycles. The molecule has 4 nitrogen and oxygen atoms in total. The van der Waals surface area contributed by atoms with Crippen molar-refractivity contribution in [2.24, 2.45) is 5.92 Å². The fourth-order valence-electron chi connectivity index (χ4n) is 2.05. The topological polar surface area (TPSA) is 49.8 Å². The van der Waals surface area contributed by atoms with Crippen molar-refractivity contribution >= 4 is 18.4 Å². The number of methoxy groups -OCH3 is 1. The Bertz CT molecular complexity index is 276. The number of halogens is 4. The lowest BCUT2D eigenvalue weighted by Crippen LogP contribution is -2.51. The number of hydrogen-bond acceptors (Lipinski definition) is 3. The van der Waals surface area contributed by atoms with Crippen LogP contribution in [-0.4, -0.2) is 55.0 Å². The van der Waals surface area contributed by atoms with Gasteiger partial charge < -0.3 is 9.84 Å². The van der Waals surface area contributed by atoms with Crippen molar-refractivity contribution in [1.82, 2.24) is 4.90 Å². The molecule has 0 amide bonds. The molecule has 0 saturated carbocycles. The third-order valence-electron chi connectivity index (χ3n) is 2.97. The van der Waals surface area contributed by atoms with Gasteiger partial charge in [-0.05, 0) is 19.4 Å². The lowest BCUT2D eigenvalue weighted by atomic mass is 9.96. The molecule has 0 aromatic rings. The van der Waals surface area contributed by atoms with E-state index in [-0.39, 0.29) is 32.0 Å². The number of piperidine rings is 1. The molecule has 1 aliphatic rings. The highest BCUT2D eigenvalue weighted by molar-refractivity contribution is 5.85. The van der Waals surface area contributed by atoms with E-state index >= 15 is 0 Å². The number of carboxylic acids is 1. The van der Waals surface area contributed by atoms with Gasteiger partial charge in [0.05, 0.1) is 12.5 Å². The molecular formula is C10H17ClF3NO3. The standard InChI is InChI=1S/C10H16F3NO3.ClH/c1-17-6-8(9(15)16)14-4-2-3-7(5-14)10(11,12)13;/h7-8H,2-6H2,1H3,(H,15,16);1H. The highest BCUT2D eigenvalue weighted by Crippen LogP contribution is 2.33. The van der Waals surface area contributed by atoms with Crippen molar-refractivity contribution in [3.63, 3.8) is 0 Å². The summed E-state index contributed by atoms with van der Waals surface area (Å²) in [5.74, 6) is -2.58. The largest absolute Gasteiger partial charge is 0.480 e. The van der Waals surface area contributed by atoms with Gasteiger partial charge in [0.1, 0.15) is 6.04 Å². The van der Waals surface area contributed by atoms with Crippen LogP contribution < -0.4 is 0 Å². The SMILES string of the molecule is COCC(C(=O)O)N1CCCC(C(F)(F)F)C1.Cl. The van der Waals surface area contributed by atoms with Crippen molar-refractivity contribution in [3.8, 4) is 0 Å². The molecule has 0 radical (unpaired) electrons. The molecule has 0 aromatic heterocycles. The van der Waals surface area contributed by atoms with Gasteiger partial charge in [-0.15, -0.1) is 12.4 Å². The molecular weight excluding hydrogens is 275 g/mol. The molecule has 108 valence electrons. The molecule has 1 fully saturated rings. The third-order valence-corrected chi connectivity index (χ3v) is 2.97. The van der Waals surface area contributed by atoms with Crippen molar-refractivity contribution in [2.45, 2.75) is 25.1 Å². The number of carbonyl (C=O) groups is 1. The number of aliphatic carboxylic acids is 1. The molecule has 1 aliphatic heterocycles. The zero-order valence-corrected chi connectivity index (χ0v) is 10.8. The first kappa shape index (κ1) is 17.5. The first-order chi connectivity index (χ1) is 7.86. The Morgan fingerprint density at radius 1 is 1.56 bits per heavy atom. The summed E-state index contributed by atoms with van der Waals surface area (Å²) in [6.07, 6.45) is -3.83. The summed E-state index contributed by atoms with van der Waals surface area (Å²) in [6, 6.07) is -0.995. The first-order valence-corrected chi connectivity index (χ1v) is 5.38. The molecule has 0 spiro atoms. The van der Waals surface area contributed by atoms with Gasteiger partial charge >= 0.3 is 12.1 Å². The van der Waals surface area contributed by atoms with Crippen LogP contribution in [0.15, 0.2) is 0 Å². The molecule has 1 N–H and O–H groups in total. The number of likely N-dealkylation sites (tertiary alicyclic amines) is 1. The van der Waals surface area contributed by atoms with E-state index < -0.39 is 24.1 Å². The van der Waals surface area contributed by atoms with Crippen molar-refractivity contribution in [2.75, 3.05) is 26.8 Å². The van der Waals surface area contributed by atoms with E-state index in [1.807, 2.05) is 0 Å². The van der Waals surface area contributed by atoms with Crippen molar-refractivity contribution in [3.05, 3.63) is 0 Å². The van der Waals surface area contributed by atoms with Gasteiger partial charge in [-0.1, -0.05) is 0 Å². The Kier molecular flexibility index (Phi) is 6.94. The number of nitrogens with zero attached hydrogens (tertiary/aromatic N) is 1. The van der Waals surface area contributed by atoms with Gasteiger partial charge in [0.25, 0.3) is 0 Å². The van der Waals surface area contributed by atoms with Crippen LogP contribution in [0.4, 0.5) is 13.2 Å². The van der Waals surface area contributed by atoms with E-state index in [1.165, 1.54) is 12.0 Å². The summed E-state index contributed by atoms with van der Waals surface area (Å²) in [5, 5.41) is 8.94. The van der Waals surface area contributed by atoms with Gasteiger partial charge in [0.15, 0.2) is 0 Å². The van der Waals surface area contributed by atoms with Gasteiger partial charge in [0.2, 0.25) is 0 Å². The maximum atomic E-state index is 12.6. The Hall–Kier alpha value is -0.530. The predicted octanol–water partition coefficient (Wildman–Crippen LogP) is 1.78. The van der Waals surface area contributed by atoms with Crippen molar-refractivity contribution in [1.29, 1.82) is 0 Å². The molecule has 8 heteroatoms. The van der Waals surface area contributed by atoms with E-state index in [2.05, 4.69) is 0 Å². The van der Waals surface area contributed by atoms with E-state index in [4.69, 9.17) is 9.84 Å². The van der Waals surface area contributed by atoms with E-state index in [9.17, 15) is 18.0 Å². The Balaban J connectivity index is 0.00000289. The van der Waals surface area contributed by atoms with Crippen LogP contribution in [0.2, 0.25) is 0 Å². The quantitative estimate of drug-likeness (QED) is 0.858. The second-order valence-electron chi connectivity index (χ2n) is 4.19. The van der Waals surface area contributed by atoms with E-state index in [0.29, 0.717) is 13.0 Å². The maximum Gasteiger partial charge on any atom is 0.393 e. The number of carboxylic acid groups (broad SMARTS) is 1. The van der Waals surface area contributed by atoms with Crippen LogP contribution >= 0.6 is 12.4 Å². The minimum atomic E-state index is -4.26. The normalized spacial score (nSPS) is 23.2. The first-order valence-electron chi connectivity index (χ1n) is 5.38. The summed E-state index contributed by atoms with van der Waals surface area (Å²) in [5.41, 5.74) is 0. The van der Waals surface area contributed by atoms with Crippen LogP contribution in [0.5, 0.6) is 0 Å². The molecule has 1 rings (SSSR count). The van der Waals surface area contributed by atoms with Crippen molar-refractivity contribution < 1.29 is 27.8 Å². The van der Waals surface area contributed by atoms with Gasteiger partial charge in [-0.3, -0.25) is 9.69 Å². The van der Waals surface area contributed by atoms with Crippen LogP contribution in [0, 0.1) is 5.92 Å². The highest BCUT2D eigenvalue weighted by atomic mass is 35.5. The average Bonchev–Trinajstić information content (AvgIpc) is 2.24. The average molecular weight is 292 g/mol. The Morgan fingerprint density at radius 3 is 2.61 bits per heavy atom. The number of rotatable bonds is 4. The smallest absolute Gasteiger partial charge is 0.393 e. The molecule has 18 heavy (non-hydrogen) atoms. The number of ether oxygens (including phenoxy) is 1. The van der Waals surface area contributed by atoms with Crippen LogP contribution in [0.3, 0.4) is 0 Å². The molecule has 1 heterocycles. The van der Waals surface area contributed by atoms with Crippen LogP contribution in [-0.2, 0) is 9.53 Å². The summed E-state index contributed by atoms with van der Waals surface area (Å²) in [7, 11) is 1.33. The summed E-state index contributed by atoms with van der Waals surface area (Å²) < 4.78 is 42.4. The second kappa shape index (κ2) is 7.16. The molecule has 2 unspecified atom stereocenters. The zero-order valence-electron chi connectivity index (χ0n) is 9.94. The molecule has 0 aromatic carbocycles. The highest BCUT2D eigenvalue weighted by Gasteiger charge is 2.43. The molecule has 2 atom stereocenters. The zero-order chi connectivity index (χ0) is 13.1. The Morgan fingerprint density at radius 2 is 2.17 bits per heavy atom. The maximum absolute atomic E-state index is 12.6. The van der Waals surface area contributed by atoms with E-state index in [1.54, 1.807) is 0 Å². The number of hydrogen-bond donors (Lipinski definition) is 1. The predicted molar refractivity (Wildman–Crippen MR) is 60.9 cm³/mol. The van der Waals surface area contributed by atoms with Crippen LogP contribution in [0.1, 0.15) is 12.8 Å². The fraction of sp³-hybridized carbons (Fsp3) is 0.900. The molecule has 1 saturated heterocycles. The van der Waals surface area contributed by atoms with Gasteiger partial charge in [-0.2, -0.15) is 13.2 Å². The minimum absolute atomic E-state index is 0. The summed E-state index contributed by atoms with van der Waals surface area (Å²) in [6.45, 7) is 0.0106. The third kappa shape index (κ3) is 4.62. The van der Waals surface area contributed by atoms with Gasteiger partial charge in [0, 0.05) is 13.7 Å². The lowest BCUT2D eigenvalue weighted by Gasteiger charge is -2.36. The summed E-state index contributed by atoms with van der Waals surface area (Å²) >= 11 is 0. The molecule has 0 bridgehead atoms. The van der Waals surface area contributed by atoms with Crippen LogP contribution in [0.25, 0.3) is 0 Å². The van der Waals surface area contributed by atoms with Gasteiger partial charge in [-0.25, -0.2) is 0 Å². The fourth-order valence-corrected chi connectivity index (χ4v) is 2.05. The second-order valence-corrected chi connectivity index (χ2v) is 4.19. The summed E-state index contributed by atoms with van der Waals surface area (Å²) in [4.78, 5) is 12.3. The van der Waals surface area contributed by atoms with E-state index in [0.717, 1.165) is 0 Å².